The summed E-state index contributed by atoms with van der Waals surface area (Å²) in [5.41, 5.74) is 2.96. The lowest BCUT2D eigenvalue weighted by Gasteiger charge is -2.21. The number of aromatic nitrogens is 2. The van der Waals surface area contributed by atoms with Crippen LogP contribution in [0.1, 0.15) is 32.4 Å². The van der Waals surface area contributed by atoms with Crippen LogP contribution in [0.5, 0.6) is 5.75 Å². The van der Waals surface area contributed by atoms with Gasteiger partial charge in [0.15, 0.2) is 5.82 Å². The third-order valence-corrected chi connectivity index (χ3v) is 6.65. The molecule has 0 atom stereocenters. The minimum absolute atomic E-state index is 0. The van der Waals surface area contributed by atoms with E-state index in [0.29, 0.717) is 24.6 Å². The molecule has 1 amide bonds. The number of aromatic hydroxyl groups is 1. The van der Waals surface area contributed by atoms with Crippen LogP contribution in [0.15, 0.2) is 53.9 Å². The minimum atomic E-state index is 0. The van der Waals surface area contributed by atoms with Crippen molar-refractivity contribution in [2.75, 3.05) is 16.8 Å². The number of phenols is 1. The summed E-state index contributed by atoms with van der Waals surface area (Å²) < 4.78 is 1.19. The minimum Gasteiger partial charge on any atom is -0.508 e. The highest BCUT2D eigenvalue weighted by Crippen LogP contribution is 2.38. The summed E-state index contributed by atoms with van der Waals surface area (Å²) in [5.74, 6) is 2.37. The predicted molar refractivity (Wildman–Crippen MR) is 136 cm³/mol. The standard InChI is InChI=1S/C25H24N4O2S.CH4/c1-15(2)29-22(31)13-19-23(26-12-11-16-7-9-17(30)10-8-16)27-24(28-25(19)29)20-14-32-21-6-4-3-5-18(20)21;/h3-10,14-15,30H,11-13H2,1-2H3,(H,26,27,28);1H4. The van der Waals surface area contributed by atoms with Gasteiger partial charge in [0.1, 0.15) is 17.4 Å². The Hall–Kier alpha value is -3.45. The van der Waals surface area contributed by atoms with Gasteiger partial charge in [0.25, 0.3) is 0 Å². The maximum Gasteiger partial charge on any atom is 0.233 e. The smallest absolute Gasteiger partial charge is 0.233 e. The number of hydrogen-bond acceptors (Lipinski definition) is 6. The first-order chi connectivity index (χ1) is 15.5. The van der Waals surface area contributed by atoms with E-state index in [2.05, 4.69) is 22.8 Å². The van der Waals surface area contributed by atoms with E-state index in [1.807, 2.05) is 38.1 Å². The molecule has 0 fully saturated rings. The molecule has 2 aromatic carbocycles. The van der Waals surface area contributed by atoms with Gasteiger partial charge in [0.05, 0.1) is 6.42 Å². The molecule has 0 bridgehead atoms. The van der Waals surface area contributed by atoms with Gasteiger partial charge in [0.2, 0.25) is 5.91 Å². The normalized spacial score (nSPS) is 12.8. The van der Waals surface area contributed by atoms with E-state index >= 15 is 0 Å². The van der Waals surface area contributed by atoms with E-state index in [4.69, 9.17) is 9.97 Å². The molecule has 3 heterocycles. The number of nitrogens with zero attached hydrogens (tertiary/aromatic N) is 3. The second-order valence-corrected chi connectivity index (χ2v) is 9.13. The van der Waals surface area contributed by atoms with Crippen LogP contribution < -0.4 is 10.2 Å². The zero-order chi connectivity index (χ0) is 22.2. The lowest BCUT2D eigenvalue weighted by molar-refractivity contribution is -0.117. The molecule has 4 aromatic rings. The molecule has 0 spiro atoms. The van der Waals surface area contributed by atoms with E-state index in [1.54, 1.807) is 28.4 Å². The second-order valence-electron chi connectivity index (χ2n) is 8.22. The average Bonchev–Trinajstić information content (AvgIpc) is 3.35. The summed E-state index contributed by atoms with van der Waals surface area (Å²) in [7, 11) is 0. The molecule has 2 aromatic heterocycles. The van der Waals surface area contributed by atoms with Gasteiger partial charge in [-0.25, -0.2) is 9.97 Å². The molecule has 0 saturated heterocycles. The third-order valence-electron chi connectivity index (χ3n) is 5.69. The topological polar surface area (TPSA) is 78.4 Å². The molecule has 33 heavy (non-hydrogen) atoms. The van der Waals surface area contributed by atoms with E-state index in [0.717, 1.165) is 34.3 Å². The molecule has 5 rings (SSSR count). The molecule has 1 aliphatic rings. The Morgan fingerprint density at radius 2 is 1.88 bits per heavy atom. The van der Waals surface area contributed by atoms with Crippen molar-refractivity contribution in [3.05, 3.63) is 65.0 Å². The van der Waals surface area contributed by atoms with Crippen molar-refractivity contribution < 1.29 is 9.90 Å². The van der Waals surface area contributed by atoms with Crippen LogP contribution in [0.4, 0.5) is 11.6 Å². The van der Waals surface area contributed by atoms with Gasteiger partial charge >= 0.3 is 0 Å². The fraction of sp³-hybridized carbons (Fsp3) is 0.269. The molecule has 1 aliphatic heterocycles. The van der Waals surface area contributed by atoms with Crippen LogP contribution in [-0.2, 0) is 17.6 Å². The highest BCUT2D eigenvalue weighted by atomic mass is 32.1. The molecular formula is C26H28N4O2S. The molecule has 6 nitrogen and oxygen atoms in total. The molecule has 2 N–H and O–H groups in total. The first kappa shape index (κ1) is 22.7. The Bertz CT molecular complexity index is 1300. The molecular weight excluding hydrogens is 432 g/mol. The summed E-state index contributed by atoms with van der Waals surface area (Å²) in [6.07, 6.45) is 1.08. The van der Waals surface area contributed by atoms with Crippen molar-refractivity contribution in [1.29, 1.82) is 0 Å². The lowest BCUT2D eigenvalue weighted by atomic mass is 10.1. The van der Waals surface area contributed by atoms with Gasteiger partial charge in [-0.05, 0) is 44.0 Å². The number of phenolic OH excluding ortho intramolecular Hbond substituents is 1. The molecule has 0 unspecified atom stereocenters. The van der Waals surface area contributed by atoms with Crippen LogP contribution in [0.25, 0.3) is 21.5 Å². The van der Waals surface area contributed by atoms with Gasteiger partial charge in [-0.1, -0.05) is 37.8 Å². The van der Waals surface area contributed by atoms with Crippen LogP contribution in [0, 0.1) is 0 Å². The zero-order valence-corrected chi connectivity index (χ0v) is 18.8. The van der Waals surface area contributed by atoms with Crippen molar-refractivity contribution in [3.63, 3.8) is 0 Å². The molecule has 7 heteroatoms. The average molecular weight is 461 g/mol. The number of anilines is 2. The number of nitrogens with one attached hydrogen (secondary N) is 1. The third kappa shape index (κ3) is 4.28. The van der Waals surface area contributed by atoms with Gasteiger partial charge in [-0.2, -0.15) is 0 Å². The first-order valence-corrected chi connectivity index (χ1v) is 11.6. The Morgan fingerprint density at radius 1 is 1.12 bits per heavy atom. The van der Waals surface area contributed by atoms with E-state index in [1.165, 1.54) is 4.70 Å². The number of carbonyl (C=O) groups excluding carboxylic acids is 1. The largest absolute Gasteiger partial charge is 0.508 e. The van der Waals surface area contributed by atoms with Crippen molar-refractivity contribution in [2.45, 2.75) is 40.2 Å². The van der Waals surface area contributed by atoms with E-state index in [-0.39, 0.29) is 25.1 Å². The second kappa shape index (κ2) is 9.19. The van der Waals surface area contributed by atoms with Crippen molar-refractivity contribution in [2.24, 2.45) is 0 Å². The van der Waals surface area contributed by atoms with E-state index in [9.17, 15) is 9.90 Å². The molecule has 0 saturated carbocycles. The molecule has 170 valence electrons. The Balaban J connectivity index is 0.00000259. The highest BCUT2D eigenvalue weighted by Gasteiger charge is 2.34. The molecule has 0 aliphatic carbocycles. The van der Waals surface area contributed by atoms with Crippen LogP contribution in [-0.4, -0.2) is 33.6 Å². The fourth-order valence-corrected chi connectivity index (χ4v) is 5.07. The highest BCUT2D eigenvalue weighted by molar-refractivity contribution is 7.17. The summed E-state index contributed by atoms with van der Waals surface area (Å²) in [6.45, 7) is 4.67. The van der Waals surface area contributed by atoms with E-state index < -0.39 is 0 Å². The number of thiophene rings is 1. The SMILES string of the molecule is C.CC(C)N1C(=O)Cc2c(NCCc3ccc(O)cc3)nc(-c3csc4ccccc34)nc21. The number of carbonyl (C=O) groups is 1. The number of amides is 1. The summed E-state index contributed by atoms with van der Waals surface area (Å²) >= 11 is 1.67. The number of hydrogen-bond donors (Lipinski definition) is 2. The maximum absolute atomic E-state index is 12.8. The first-order valence-electron chi connectivity index (χ1n) is 10.7. The monoisotopic (exact) mass is 460 g/mol. The number of rotatable bonds is 6. The predicted octanol–water partition coefficient (Wildman–Crippen LogP) is 5.65. The van der Waals surface area contributed by atoms with Gasteiger partial charge < -0.3 is 10.4 Å². The summed E-state index contributed by atoms with van der Waals surface area (Å²) in [6, 6.07) is 15.5. The number of benzene rings is 2. The lowest BCUT2D eigenvalue weighted by Crippen LogP contribution is -2.34. The summed E-state index contributed by atoms with van der Waals surface area (Å²) in [5, 5.41) is 16.1. The van der Waals surface area contributed by atoms with Gasteiger partial charge in [-0.3, -0.25) is 9.69 Å². The summed E-state index contributed by atoms with van der Waals surface area (Å²) in [4.78, 5) is 24.3. The van der Waals surface area contributed by atoms with Gasteiger partial charge in [-0.15, -0.1) is 11.3 Å². The quantitative estimate of drug-likeness (QED) is 0.389. The number of fused-ring (bicyclic) bond motifs is 2. The maximum atomic E-state index is 12.8. The van der Waals surface area contributed by atoms with Crippen LogP contribution in [0.3, 0.4) is 0 Å². The Morgan fingerprint density at radius 3 is 2.64 bits per heavy atom. The Labute approximate surface area is 197 Å². The zero-order valence-electron chi connectivity index (χ0n) is 18.0. The van der Waals surface area contributed by atoms with Crippen molar-refractivity contribution >= 4 is 39.0 Å². The van der Waals surface area contributed by atoms with Crippen molar-refractivity contribution in [1.82, 2.24) is 9.97 Å². The molecule has 0 radical (unpaired) electrons. The van der Waals surface area contributed by atoms with Crippen LogP contribution in [0.2, 0.25) is 0 Å². The van der Waals surface area contributed by atoms with Crippen LogP contribution >= 0.6 is 11.3 Å². The fourth-order valence-electron chi connectivity index (χ4n) is 4.13. The Kier molecular flexibility index (Phi) is 6.33. The van der Waals surface area contributed by atoms with Crippen molar-refractivity contribution in [3.8, 4) is 17.1 Å². The van der Waals surface area contributed by atoms with Gasteiger partial charge in [0, 0.05) is 39.2 Å².